The maximum absolute atomic E-state index is 13.8. The number of amides is 2. The van der Waals surface area contributed by atoms with Crippen LogP contribution in [-0.4, -0.2) is 86.3 Å². The first-order valence-corrected chi connectivity index (χ1v) is 14.3. The summed E-state index contributed by atoms with van der Waals surface area (Å²) in [5.74, 6) is -0.298. The van der Waals surface area contributed by atoms with Gasteiger partial charge in [0.1, 0.15) is 6.04 Å². The normalized spacial score (nSPS) is 22.3. The summed E-state index contributed by atoms with van der Waals surface area (Å²) < 4.78 is 28.3. The smallest absolute Gasteiger partial charge is 0.453 e. The van der Waals surface area contributed by atoms with E-state index in [2.05, 4.69) is 28.5 Å². The van der Waals surface area contributed by atoms with Crippen molar-refractivity contribution in [2.75, 3.05) is 34.0 Å². The lowest BCUT2D eigenvalue weighted by molar-refractivity contribution is -0.136. The second-order valence-corrected chi connectivity index (χ2v) is 12.1. The van der Waals surface area contributed by atoms with E-state index >= 15 is 0 Å². The molecule has 2 fully saturated rings. The number of nitrogens with zero attached hydrogens (tertiary/aromatic N) is 1. The van der Waals surface area contributed by atoms with Crippen molar-refractivity contribution >= 4 is 24.6 Å². The van der Waals surface area contributed by atoms with Crippen LogP contribution in [0.25, 0.3) is 11.1 Å². The van der Waals surface area contributed by atoms with E-state index in [-0.39, 0.29) is 24.0 Å². The van der Waals surface area contributed by atoms with Gasteiger partial charge in [0, 0.05) is 32.0 Å². The van der Waals surface area contributed by atoms with Crippen LogP contribution >= 0.6 is 0 Å². The van der Waals surface area contributed by atoms with Crippen LogP contribution in [0.1, 0.15) is 59.7 Å². The van der Waals surface area contributed by atoms with Gasteiger partial charge in [-0.05, 0) is 56.3 Å². The topological polar surface area (TPSA) is 111 Å². The molecule has 224 valence electrons. The van der Waals surface area contributed by atoms with Crippen LogP contribution in [0.4, 0.5) is 4.79 Å². The molecule has 1 aromatic heterocycles. The van der Waals surface area contributed by atoms with Gasteiger partial charge < -0.3 is 38.7 Å². The lowest BCUT2D eigenvalue weighted by Gasteiger charge is -2.32. The average molecular weight is 570 g/mol. The lowest BCUT2D eigenvalue weighted by atomic mass is 9.78. The van der Waals surface area contributed by atoms with Gasteiger partial charge >= 0.3 is 13.2 Å². The fraction of sp³-hybridized carbons (Fsp3) is 0.600. The minimum Gasteiger partial charge on any atom is -0.453 e. The molecule has 0 unspecified atom stereocenters. The maximum Gasteiger partial charge on any atom is 0.494 e. The highest BCUT2D eigenvalue weighted by molar-refractivity contribution is 6.62. The Kier molecular flexibility index (Phi) is 9.53. The molecule has 0 bridgehead atoms. The first-order chi connectivity index (χ1) is 19.4. The van der Waals surface area contributed by atoms with Crippen molar-refractivity contribution in [3.63, 3.8) is 0 Å². The van der Waals surface area contributed by atoms with Crippen LogP contribution < -0.4 is 10.8 Å². The number of likely N-dealkylation sites (tertiary alicyclic amines) is 1. The van der Waals surface area contributed by atoms with Crippen molar-refractivity contribution in [1.29, 1.82) is 0 Å². The third kappa shape index (κ3) is 6.80. The third-order valence-corrected chi connectivity index (χ3v) is 8.41. The number of rotatable bonds is 10. The number of benzene rings is 1. The second kappa shape index (κ2) is 12.6. The lowest BCUT2D eigenvalue weighted by Crippen LogP contribution is -2.51. The van der Waals surface area contributed by atoms with E-state index in [9.17, 15) is 9.59 Å². The number of carbonyl (C=O) groups excluding carboxylic acids is 2. The van der Waals surface area contributed by atoms with Gasteiger partial charge in [-0.2, -0.15) is 0 Å². The van der Waals surface area contributed by atoms with E-state index in [0.717, 1.165) is 22.3 Å². The molecule has 0 spiro atoms. The van der Waals surface area contributed by atoms with Crippen molar-refractivity contribution < 1.29 is 33.1 Å². The molecule has 2 N–H and O–H groups in total. The molecule has 2 aliphatic heterocycles. The summed E-state index contributed by atoms with van der Waals surface area (Å²) in [5, 5.41) is 2.71. The molecule has 11 heteroatoms. The molecule has 10 nitrogen and oxygen atoms in total. The van der Waals surface area contributed by atoms with Crippen LogP contribution in [0.3, 0.4) is 0 Å². The predicted molar refractivity (Wildman–Crippen MR) is 157 cm³/mol. The first kappa shape index (κ1) is 31.1. The second-order valence-electron chi connectivity index (χ2n) is 12.1. The fourth-order valence-corrected chi connectivity index (χ4v) is 5.22. The molecule has 41 heavy (non-hydrogen) atoms. The van der Waals surface area contributed by atoms with Gasteiger partial charge in [0.15, 0.2) is 0 Å². The van der Waals surface area contributed by atoms with Crippen molar-refractivity contribution in [2.45, 2.75) is 77.4 Å². The summed E-state index contributed by atoms with van der Waals surface area (Å²) in [4.78, 5) is 31.0. The number of aromatic nitrogens is 1. The number of methoxy groups -OCH3 is 2. The molecule has 3 heterocycles. The standard InChI is InChI=1S/C30H44BN3O7/c1-19(2)26(33-28(36)38-8)27(35)34-18-23(39-14-13-37-7)16-25(34)24-15-21(17-32-24)20-9-11-22(12-10-20)31-40-29(3,4)30(5,6)41-31/h9-12,15,17,19,23,25-26,32H,13-14,16,18H2,1-8H3,(H,33,36)/t23-,25-,26-/m0/s1. The Morgan fingerprint density at radius 1 is 1.07 bits per heavy atom. The quantitative estimate of drug-likeness (QED) is 0.332. The number of alkyl carbamates (subject to hydrolysis) is 1. The highest BCUT2D eigenvalue weighted by atomic mass is 16.7. The maximum atomic E-state index is 13.8. The number of aromatic amines is 1. The number of hydrogen-bond donors (Lipinski definition) is 2. The molecular weight excluding hydrogens is 525 g/mol. The van der Waals surface area contributed by atoms with Gasteiger partial charge in [0.2, 0.25) is 5.91 Å². The average Bonchev–Trinajstić information content (AvgIpc) is 3.63. The minimum absolute atomic E-state index is 0.127. The summed E-state index contributed by atoms with van der Waals surface area (Å²) in [6.45, 7) is 13.3. The summed E-state index contributed by atoms with van der Waals surface area (Å²) in [6.07, 6.45) is 1.79. The number of ether oxygens (including phenoxy) is 3. The highest BCUT2D eigenvalue weighted by Crippen LogP contribution is 2.38. The zero-order chi connectivity index (χ0) is 29.9. The van der Waals surface area contributed by atoms with E-state index in [1.807, 2.05) is 59.9 Å². The third-order valence-electron chi connectivity index (χ3n) is 8.41. The largest absolute Gasteiger partial charge is 0.494 e. The molecule has 2 amide bonds. The van der Waals surface area contributed by atoms with E-state index in [1.165, 1.54) is 7.11 Å². The van der Waals surface area contributed by atoms with Crippen LogP contribution in [0.5, 0.6) is 0 Å². The molecule has 3 atom stereocenters. The monoisotopic (exact) mass is 569 g/mol. The molecule has 2 saturated heterocycles. The van der Waals surface area contributed by atoms with Gasteiger partial charge in [0.25, 0.3) is 0 Å². The van der Waals surface area contributed by atoms with Gasteiger partial charge in [-0.3, -0.25) is 4.79 Å². The Bertz CT molecular complexity index is 1180. The zero-order valence-electron chi connectivity index (χ0n) is 25.5. The predicted octanol–water partition coefficient (Wildman–Crippen LogP) is 3.67. The SMILES string of the molecule is COCCO[C@H]1C[C@@H](c2cc(-c3ccc(B4OC(C)(C)C(C)(C)O4)cc3)c[nH]2)N(C(=O)[C@@H](NC(=O)OC)C(C)C)C1. The summed E-state index contributed by atoms with van der Waals surface area (Å²) in [5.41, 5.74) is 3.10. The summed E-state index contributed by atoms with van der Waals surface area (Å²) >= 11 is 0. The molecular formula is C30H44BN3O7. The van der Waals surface area contributed by atoms with E-state index < -0.39 is 30.5 Å². The van der Waals surface area contributed by atoms with Crippen molar-refractivity contribution in [1.82, 2.24) is 15.2 Å². The molecule has 1 aromatic carbocycles. The van der Waals surface area contributed by atoms with Crippen molar-refractivity contribution in [3.05, 3.63) is 42.2 Å². The van der Waals surface area contributed by atoms with Crippen molar-refractivity contribution in [2.24, 2.45) is 5.92 Å². The van der Waals surface area contributed by atoms with Crippen LogP contribution in [0.15, 0.2) is 36.5 Å². The Balaban J connectivity index is 1.54. The van der Waals surface area contributed by atoms with Crippen LogP contribution in [0.2, 0.25) is 0 Å². The molecule has 4 rings (SSSR count). The minimum atomic E-state index is -0.723. The highest BCUT2D eigenvalue weighted by Gasteiger charge is 2.51. The Morgan fingerprint density at radius 3 is 2.32 bits per heavy atom. The zero-order valence-corrected chi connectivity index (χ0v) is 25.5. The van der Waals surface area contributed by atoms with Crippen LogP contribution in [0, 0.1) is 5.92 Å². The molecule has 0 saturated carbocycles. The number of H-pyrrole nitrogens is 1. The molecule has 0 radical (unpaired) electrons. The van der Waals surface area contributed by atoms with E-state index in [4.69, 9.17) is 23.5 Å². The van der Waals surface area contributed by atoms with Crippen molar-refractivity contribution in [3.8, 4) is 11.1 Å². The molecule has 0 aliphatic carbocycles. The molecule has 2 aliphatic rings. The molecule has 2 aromatic rings. The van der Waals surface area contributed by atoms with E-state index in [0.29, 0.717) is 26.2 Å². The first-order valence-electron chi connectivity index (χ1n) is 14.3. The Labute approximate surface area is 243 Å². The Hall–Kier alpha value is -2.86. The summed E-state index contributed by atoms with van der Waals surface area (Å²) in [7, 11) is 2.50. The van der Waals surface area contributed by atoms with Crippen LogP contribution in [-0.2, 0) is 28.3 Å². The van der Waals surface area contributed by atoms with Gasteiger partial charge in [-0.15, -0.1) is 0 Å². The van der Waals surface area contributed by atoms with Gasteiger partial charge in [-0.1, -0.05) is 38.1 Å². The number of hydrogen-bond acceptors (Lipinski definition) is 7. The van der Waals surface area contributed by atoms with E-state index in [1.54, 1.807) is 12.0 Å². The Morgan fingerprint density at radius 2 is 1.73 bits per heavy atom. The number of carbonyl (C=O) groups is 2. The van der Waals surface area contributed by atoms with Gasteiger partial charge in [0.05, 0.1) is 43.7 Å². The fourth-order valence-electron chi connectivity index (χ4n) is 5.22. The van der Waals surface area contributed by atoms with Gasteiger partial charge in [-0.25, -0.2) is 4.79 Å². The summed E-state index contributed by atoms with van der Waals surface area (Å²) in [6, 6.07) is 9.27. The number of nitrogens with one attached hydrogen (secondary N) is 2.